The van der Waals surface area contributed by atoms with Crippen molar-refractivity contribution >= 4 is 27.0 Å². The molecule has 0 atom stereocenters. The lowest BCUT2D eigenvalue weighted by Crippen LogP contribution is -2.27. The molecular formula is C14H19N3O2S2. The summed E-state index contributed by atoms with van der Waals surface area (Å²) < 4.78 is 27.3. The van der Waals surface area contributed by atoms with E-state index < -0.39 is 10.0 Å². The quantitative estimate of drug-likeness (QED) is 0.782. The second-order valence-corrected chi connectivity index (χ2v) is 7.02. The first-order valence-corrected chi connectivity index (χ1v) is 9.25. The largest absolute Gasteiger partial charge is 0.383 e. The first-order chi connectivity index (χ1) is 10.1. The van der Waals surface area contributed by atoms with Crippen molar-refractivity contribution in [1.29, 1.82) is 0 Å². The van der Waals surface area contributed by atoms with Gasteiger partial charge in [-0.3, -0.25) is 0 Å². The molecule has 0 saturated heterocycles. The Morgan fingerprint density at radius 1 is 1.29 bits per heavy atom. The fourth-order valence-corrected chi connectivity index (χ4v) is 3.67. The van der Waals surface area contributed by atoms with Crippen molar-refractivity contribution in [2.75, 3.05) is 18.4 Å². The van der Waals surface area contributed by atoms with Gasteiger partial charge in [0.05, 0.1) is 5.69 Å². The van der Waals surface area contributed by atoms with Gasteiger partial charge in [-0.15, -0.1) is 0 Å². The molecule has 2 N–H and O–H groups in total. The molecule has 0 spiro atoms. The van der Waals surface area contributed by atoms with Gasteiger partial charge >= 0.3 is 0 Å². The molecule has 0 bridgehead atoms. The van der Waals surface area contributed by atoms with Crippen LogP contribution in [0.25, 0.3) is 0 Å². The second kappa shape index (κ2) is 7.53. The van der Waals surface area contributed by atoms with Crippen molar-refractivity contribution in [3.8, 4) is 0 Å². The Balaban J connectivity index is 2.04. The van der Waals surface area contributed by atoms with Crippen molar-refractivity contribution in [3.63, 3.8) is 0 Å². The van der Waals surface area contributed by atoms with Crippen LogP contribution in [0.1, 0.15) is 18.9 Å². The smallest absolute Gasteiger partial charge is 0.260 e. The van der Waals surface area contributed by atoms with E-state index in [4.69, 9.17) is 0 Å². The maximum Gasteiger partial charge on any atom is 0.260 e. The molecule has 2 aromatic rings. The third-order valence-electron chi connectivity index (χ3n) is 2.88. The van der Waals surface area contributed by atoms with Gasteiger partial charge in [-0.25, -0.2) is 18.1 Å². The average Bonchev–Trinajstić information content (AvgIpc) is 2.98. The van der Waals surface area contributed by atoms with Crippen LogP contribution in [0.15, 0.2) is 40.2 Å². The first-order valence-electron chi connectivity index (χ1n) is 6.83. The minimum atomic E-state index is -3.59. The molecule has 5 nitrogen and oxygen atoms in total. The fraction of sp³-hybridized carbons (Fsp3) is 0.357. The van der Waals surface area contributed by atoms with Crippen LogP contribution in [0.3, 0.4) is 0 Å². The van der Waals surface area contributed by atoms with Crippen molar-refractivity contribution < 1.29 is 8.42 Å². The number of rotatable bonds is 8. The molecule has 0 aliphatic carbocycles. The van der Waals surface area contributed by atoms with Crippen molar-refractivity contribution in [2.24, 2.45) is 0 Å². The van der Waals surface area contributed by atoms with E-state index in [1.54, 1.807) is 23.5 Å². The van der Waals surface area contributed by atoms with Gasteiger partial charge in [0, 0.05) is 19.3 Å². The lowest BCUT2D eigenvalue weighted by molar-refractivity contribution is 0.578. The third-order valence-corrected chi connectivity index (χ3v) is 5.03. The fourth-order valence-electron chi connectivity index (χ4n) is 1.83. The van der Waals surface area contributed by atoms with Gasteiger partial charge in [0.2, 0.25) is 0 Å². The first kappa shape index (κ1) is 15.9. The molecule has 0 radical (unpaired) electrons. The van der Waals surface area contributed by atoms with Crippen molar-refractivity contribution in [1.82, 2.24) is 9.71 Å². The van der Waals surface area contributed by atoms with E-state index in [0.29, 0.717) is 25.2 Å². The Morgan fingerprint density at radius 2 is 2.14 bits per heavy atom. The van der Waals surface area contributed by atoms with Gasteiger partial charge in [-0.1, -0.05) is 6.92 Å². The molecule has 0 amide bonds. The molecule has 0 saturated carbocycles. The number of anilines is 1. The Bertz CT molecular complexity index is 655. The Hall–Kier alpha value is -1.44. The van der Waals surface area contributed by atoms with Crippen LogP contribution in [-0.2, 0) is 16.4 Å². The molecule has 0 aliphatic heterocycles. The normalized spacial score (nSPS) is 11.5. The van der Waals surface area contributed by atoms with Gasteiger partial charge in [0.1, 0.15) is 0 Å². The molecular weight excluding hydrogens is 306 g/mol. The maximum atomic E-state index is 12.3. The van der Waals surface area contributed by atoms with Crippen LogP contribution >= 0.6 is 11.3 Å². The number of nitrogens with one attached hydrogen (secondary N) is 2. The number of nitrogens with zero attached hydrogens (tertiary/aromatic N) is 1. The molecule has 0 unspecified atom stereocenters. The predicted octanol–water partition coefficient (Wildman–Crippen LogP) is 2.49. The molecule has 0 aliphatic rings. The Morgan fingerprint density at radius 3 is 2.86 bits per heavy atom. The second-order valence-electron chi connectivity index (χ2n) is 4.56. The van der Waals surface area contributed by atoms with Crippen LogP contribution < -0.4 is 10.0 Å². The average molecular weight is 325 g/mol. The highest BCUT2D eigenvalue weighted by Gasteiger charge is 2.19. The van der Waals surface area contributed by atoms with Crippen LogP contribution in [0.2, 0.25) is 0 Å². The summed E-state index contributed by atoms with van der Waals surface area (Å²) in [7, 11) is -3.59. The summed E-state index contributed by atoms with van der Waals surface area (Å²) in [6.07, 6.45) is 3.08. The number of thiophene rings is 1. The molecule has 2 aromatic heterocycles. The van der Waals surface area contributed by atoms with Crippen LogP contribution in [0.4, 0.5) is 5.69 Å². The third kappa shape index (κ3) is 4.52. The molecule has 21 heavy (non-hydrogen) atoms. The van der Waals surface area contributed by atoms with Gasteiger partial charge < -0.3 is 5.32 Å². The highest BCUT2D eigenvalue weighted by atomic mass is 32.2. The highest BCUT2D eigenvalue weighted by molar-refractivity contribution is 7.89. The van der Waals surface area contributed by atoms with E-state index in [9.17, 15) is 8.42 Å². The number of pyridine rings is 1. The highest BCUT2D eigenvalue weighted by Crippen LogP contribution is 2.17. The zero-order valence-corrected chi connectivity index (χ0v) is 13.5. The SMILES string of the molecule is CCCNc1cccnc1S(=O)(=O)NCCc1ccsc1. The van der Waals surface area contributed by atoms with Gasteiger partial charge in [-0.05, 0) is 47.4 Å². The van der Waals surface area contributed by atoms with Gasteiger partial charge in [0.15, 0.2) is 5.03 Å². The summed E-state index contributed by atoms with van der Waals surface area (Å²) >= 11 is 1.61. The van der Waals surface area contributed by atoms with Gasteiger partial charge in [0.25, 0.3) is 10.0 Å². The standard InChI is InChI=1S/C14H19N3O2S2/c1-2-7-15-13-4-3-8-16-14(13)21(18,19)17-9-5-12-6-10-20-11-12/h3-4,6,8,10-11,15,17H,2,5,7,9H2,1H3. The van der Waals surface area contributed by atoms with Crippen LogP contribution in [0.5, 0.6) is 0 Å². The Labute approximate surface area is 129 Å². The number of sulfonamides is 1. The number of hydrogen-bond donors (Lipinski definition) is 2. The molecule has 2 heterocycles. The van der Waals surface area contributed by atoms with E-state index in [-0.39, 0.29) is 5.03 Å². The van der Waals surface area contributed by atoms with E-state index >= 15 is 0 Å². The maximum absolute atomic E-state index is 12.3. The van der Waals surface area contributed by atoms with Crippen molar-refractivity contribution in [3.05, 3.63) is 40.7 Å². The van der Waals surface area contributed by atoms with E-state index in [2.05, 4.69) is 15.0 Å². The van der Waals surface area contributed by atoms with E-state index in [0.717, 1.165) is 12.0 Å². The van der Waals surface area contributed by atoms with Crippen LogP contribution in [-0.4, -0.2) is 26.5 Å². The van der Waals surface area contributed by atoms with E-state index in [1.807, 2.05) is 23.8 Å². The summed E-state index contributed by atoms with van der Waals surface area (Å²) in [6.45, 7) is 3.10. The molecule has 7 heteroatoms. The number of aromatic nitrogens is 1. The molecule has 0 fully saturated rings. The minimum absolute atomic E-state index is 0.0590. The zero-order valence-electron chi connectivity index (χ0n) is 11.9. The summed E-state index contributed by atoms with van der Waals surface area (Å²) in [5.74, 6) is 0. The lowest BCUT2D eigenvalue weighted by Gasteiger charge is -2.11. The summed E-state index contributed by atoms with van der Waals surface area (Å²) in [6, 6.07) is 5.45. The summed E-state index contributed by atoms with van der Waals surface area (Å²) in [5, 5.41) is 7.15. The van der Waals surface area contributed by atoms with Gasteiger partial charge in [-0.2, -0.15) is 11.3 Å². The van der Waals surface area contributed by atoms with Crippen LogP contribution in [0, 0.1) is 0 Å². The monoisotopic (exact) mass is 325 g/mol. The predicted molar refractivity (Wildman–Crippen MR) is 86.2 cm³/mol. The zero-order chi connectivity index (χ0) is 15.1. The molecule has 114 valence electrons. The van der Waals surface area contributed by atoms with Crippen molar-refractivity contribution in [2.45, 2.75) is 24.8 Å². The lowest BCUT2D eigenvalue weighted by atomic mass is 10.2. The molecule has 2 rings (SSSR count). The topological polar surface area (TPSA) is 71.1 Å². The Kier molecular flexibility index (Phi) is 5.72. The minimum Gasteiger partial charge on any atom is -0.383 e. The summed E-state index contributed by atoms with van der Waals surface area (Å²) in [4.78, 5) is 4.01. The van der Waals surface area contributed by atoms with E-state index in [1.165, 1.54) is 6.20 Å². The molecule has 0 aromatic carbocycles. The number of hydrogen-bond acceptors (Lipinski definition) is 5. The summed E-state index contributed by atoms with van der Waals surface area (Å²) in [5.41, 5.74) is 1.68.